The molecule has 0 unspecified atom stereocenters. The van der Waals surface area contributed by atoms with Crippen molar-refractivity contribution in [3.8, 4) is 0 Å². The molecule has 0 spiro atoms. The van der Waals surface area contributed by atoms with Crippen LogP contribution in [0.5, 0.6) is 0 Å². The predicted molar refractivity (Wildman–Crippen MR) is 77.2 cm³/mol. The van der Waals surface area contributed by atoms with Crippen LogP contribution in [-0.2, 0) is 16.0 Å². The Balaban J connectivity index is 1.81. The number of benzene rings is 1. The van der Waals surface area contributed by atoms with E-state index < -0.39 is 0 Å². The van der Waals surface area contributed by atoms with Gasteiger partial charge < -0.3 is 14.8 Å². The van der Waals surface area contributed by atoms with E-state index in [1.54, 1.807) is 0 Å². The number of hydrogen-bond donors (Lipinski definition) is 1. The summed E-state index contributed by atoms with van der Waals surface area (Å²) in [5, 5.41) is 3.44. The maximum absolute atomic E-state index is 5.53. The molecule has 0 saturated heterocycles. The van der Waals surface area contributed by atoms with E-state index in [1.165, 1.54) is 24.0 Å². The van der Waals surface area contributed by atoms with Crippen molar-refractivity contribution in [1.29, 1.82) is 0 Å². The van der Waals surface area contributed by atoms with Crippen molar-refractivity contribution in [1.82, 2.24) is 5.32 Å². The highest BCUT2D eigenvalue weighted by Gasteiger charge is 2.25. The molecule has 0 heterocycles. The van der Waals surface area contributed by atoms with Crippen LogP contribution in [0.2, 0.25) is 0 Å². The summed E-state index contributed by atoms with van der Waals surface area (Å²) in [6.07, 6.45) is 2.55. The Kier molecular flexibility index (Phi) is 5.83. The van der Waals surface area contributed by atoms with Crippen molar-refractivity contribution >= 4 is 0 Å². The van der Waals surface area contributed by atoms with Gasteiger partial charge in [0.05, 0.1) is 0 Å². The van der Waals surface area contributed by atoms with E-state index >= 15 is 0 Å². The number of hydrogen-bond acceptors (Lipinski definition) is 3. The van der Waals surface area contributed by atoms with E-state index in [0.717, 1.165) is 19.0 Å². The zero-order valence-electron chi connectivity index (χ0n) is 12.0. The van der Waals surface area contributed by atoms with Crippen LogP contribution >= 0.6 is 0 Å². The van der Waals surface area contributed by atoms with Crippen molar-refractivity contribution in [2.75, 3.05) is 19.8 Å². The Hall–Kier alpha value is -0.900. The van der Waals surface area contributed by atoms with Crippen LogP contribution in [0.3, 0.4) is 0 Å². The molecule has 1 fully saturated rings. The average molecular weight is 263 g/mol. The van der Waals surface area contributed by atoms with Gasteiger partial charge in [-0.25, -0.2) is 0 Å². The summed E-state index contributed by atoms with van der Waals surface area (Å²) in [5.41, 5.74) is 2.93. The van der Waals surface area contributed by atoms with Gasteiger partial charge in [0.1, 0.15) is 0 Å². The zero-order valence-corrected chi connectivity index (χ0v) is 12.0. The normalized spacial score (nSPS) is 15.1. The van der Waals surface area contributed by atoms with Gasteiger partial charge in [0.25, 0.3) is 0 Å². The molecule has 0 radical (unpaired) electrons. The van der Waals surface area contributed by atoms with Crippen molar-refractivity contribution in [3.05, 3.63) is 35.4 Å². The maximum atomic E-state index is 5.53. The fraction of sp³-hybridized carbons (Fsp3) is 0.625. The molecular formula is C16H25NO2. The van der Waals surface area contributed by atoms with Crippen LogP contribution < -0.4 is 5.32 Å². The van der Waals surface area contributed by atoms with Crippen LogP contribution in [0, 0.1) is 0 Å². The summed E-state index contributed by atoms with van der Waals surface area (Å²) < 4.78 is 11.1. The summed E-state index contributed by atoms with van der Waals surface area (Å²) in [5.74, 6) is 0.799. The highest BCUT2D eigenvalue weighted by molar-refractivity contribution is 5.33. The molecule has 1 aromatic rings. The molecule has 0 atom stereocenters. The SMILES string of the molecule is CCOC(CNCc1ccccc1C1CC1)OCC. The monoisotopic (exact) mass is 263 g/mol. The molecule has 0 bridgehead atoms. The molecule has 3 heteroatoms. The largest absolute Gasteiger partial charge is 0.352 e. The summed E-state index contributed by atoms with van der Waals surface area (Å²) >= 11 is 0. The second kappa shape index (κ2) is 7.63. The summed E-state index contributed by atoms with van der Waals surface area (Å²) in [4.78, 5) is 0. The third kappa shape index (κ3) is 4.60. The minimum absolute atomic E-state index is 0.136. The van der Waals surface area contributed by atoms with E-state index in [-0.39, 0.29) is 6.29 Å². The van der Waals surface area contributed by atoms with Gasteiger partial charge in [-0.15, -0.1) is 0 Å². The lowest BCUT2D eigenvalue weighted by molar-refractivity contribution is -0.133. The van der Waals surface area contributed by atoms with Crippen molar-refractivity contribution < 1.29 is 9.47 Å². The molecule has 0 amide bonds. The zero-order chi connectivity index (χ0) is 13.5. The van der Waals surface area contributed by atoms with Gasteiger partial charge in [0, 0.05) is 26.3 Å². The molecule has 2 rings (SSSR count). The Morgan fingerprint density at radius 3 is 2.47 bits per heavy atom. The fourth-order valence-electron chi connectivity index (χ4n) is 2.35. The summed E-state index contributed by atoms with van der Waals surface area (Å²) in [6.45, 7) is 6.99. The van der Waals surface area contributed by atoms with Gasteiger partial charge in [0.2, 0.25) is 0 Å². The van der Waals surface area contributed by atoms with Crippen LogP contribution in [0.25, 0.3) is 0 Å². The average Bonchev–Trinajstić information content (AvgIpc) is 3.24. The second-order valence-corrected chi connectivity index (χ2v) is 4.94. The lowest BCUT2D eigenvalue weighted by atomic mass is 10.0. The van der Waals surface area contributed by atoms with E-state index in [0.29, 0.717) is 13.2 Å². The third-order valence-electron chi connectivity index (χ3n) is 3.40. The smallest absolute Gasteiger partial charge is 0.169 e. The molecule has 0 aliphatic heterocycles. The van der Waals surface area contributed by atoms with E-state index in [4.69, 9.17) is 9.47 Å². The van der Waals surface area contributed by atoms with E-state index in [1.807, 2.05) is 13.8 Å². The van der Waals surface area contributed by atoms with Crippen LogP contribution in [0.15, 0.2) is 24.3 Å². The Labute approximate surface area is 116 Å². The van der Waals surface area contributed by atoms with Crippen LogP contribution in [0.1, 0.15) is 43.7 Å². The quantitative estimate of drug-likeness (QED) is 0.695. The van der Waals surface area contributed by atoms with E-state index in [9.17, 15) is 0 Å². The van der Waals surface area contributed by atoms with Gasteiger partial charge >= 0.3 is 0 Å². The Morgan fingerprint density at radius 2 is 1.84 bits per heavy atom. The molecule has 3 nitrogen and oxygen atoms in total. The predicted octanol–water partition coefficient (Wildman–Crippen LogP) is 3.05. The van der Waals surface area contributed by atoms with Crippen molar-refractivity contribution in [2.24, 2.45) is 0 Å². The van der Waals surface area contributed by atoms with Gasteiger partial charge in [-0.2, -0.15) is 0 Å². The number of rotatable bonds is 9. The lowest BCUT2D eigenvalue weighted by Crippen LogP contribution is -2.31. The molecule has 1 saturated carbocycles. The number of ether oxygens (including phenoxy) is 2. The fourth-order valence-corrected chi connectivity index (χ4v) is 2.35. The maximum Gasteiger partial charge on any atom is 0.169 e. The molecular weight excluding hydrogens is 238 g/mol. The minimum atomic E-state index is -0.136. The topological polar surface area (TPSA) is 30.5 Å². The van der Waals surface area contributed by atoms with E-state index in [2.05, 4.69) is 29.6 Å². The molecule has 1 aliphatic rings. The van der Waals surface area contributed by atoms with Crippen LogP contribution in [-0.4, -0.2) is 26.0 Å². The third-order valence-corrected chi connectivity index (χ3v) is 3.40. The first-order valence-electron chi connectivity index (χ1n) is 7.36. The van der Waals surface area contributed by atoms with Crippen molar-refractivity contribution in [3.63, 3.8) is 0 Å². The molecule has 1 N–H and O–H groups in total. The Morgan fingerprint density at radius 1 is 1.16 bits per heavy atom. The van der Waals surface area contributed by atoms with Crippen molar-refractivity contribution in [2.45, 2.75) is 45.4 Å². The van der Waals surface area contributed by atoms with Gasteiger partial charge in [-0.1, -0.05) is 24.3 Å². The lowest BCUT2D eigenvalue weighted by Gasteiger charge is -2.18. The van der Waals surface area contributed by atoms with Gasteiger partial charge in [-0.05, 0) is 43.7 Å². The molecule has 0 aromatic heterocycles. The van der Waals surface area contributed by atoms with Gasteiger partial charge in [-0.3, -0.25) is 0 Å². The standard InChI is InChI=1S/C16H25NO2/c1-3-18-16(19-4-2)12-17-11-14-7-5-6-8-15(14)13-9-10-13/h5-8,13,16-17H,3-4,9-12H2,1-2H3. The molecule has 106 valence electrons. The minimum Gasteiger partial charge on any atom is -0.352 e. The van der Waals surface area contributed by atoms with Gasteiger partial charge in [0.15, 0.2) is 6.29 Å². The molecule has 19 heavy (non-hydrogen) atoms. The second-order valence-electron chi connectivity index (χ2n) is 4.94. The van der Waals surface area contributed by atoms with Crippen LogP contribution in [0.4, 0.5) is 0 Å². The highest BCUT2D eigenvalue weighted by atomic mass is 16.7. The first-order valence-corrected chi connectivity index (χ1v) is 7.36. The molecule has 1 aromatic carbocycles. The first-order chi connectivity index (χ1) is 9.35. The highest BCUT2D eigenvalue weighted by Crippen LogP contribution is 2.41. The summed E-state index contributed by atoms with van der Waals surface area (Å²) in [6, 6.07) is 8.74. The summed E-state index contributed by atoms with van der Waals surface area (Å²) in [7, 11) is 0. The Bertz CT molecular complexity index is 371. The molecule has 1 aliphatic carbocycles. The first kappa shape index (κ1) is 14.5. The number of nitrogens with one attached hydrogen (secondary N) is 1.